The lowest BCUT2D eigenvalue weighted by Gasteiger charge is -2.10. The molecule has 0 amide bonds. The molecule has 4 N–H and O–H groups in total. The molecule has 0 aliphatic heterocycles. The Hall–Kier alpha value is -1.93. The van der Waals surface area contributed by atoms with Gasteiger partial charge in [0.1, 0.15) is 5.82 Å². The fourth-order valence-electron chi connectivity index (χ4n) is 1.51. The monoisotopic (exact) mass is 341 g/mol. The fraction of sp³-hybridized carbons (Fsp3) is 0.167. The zero-order valence-corrected chi connectivity index (χ0v) is 12.2. The van der Waals surface area contributed by atoms with Gasteiger partial charge in [-0.3, -0.25) is 5.43 Å². The first-order valence-corrected chi connectivity index (χ1v) is 6.62. The lowest BCUT2D eigenvalue weighted by Crippen LogP contribution is -2.11. The standard InChI is InChI=1S/C12H13BrFN5O/c1-2-20-10-4-3-7(5-9(10)14)17-11-8(13)6-16-12(18-11)19-15/h3-6H,2,15H2,1H3,(H2,16,17,18,19). The minimum atomic E-state index is -0.445. The van der Waals surface area contributed by atoms with Crippen LogP contribution in [0.1, 0.15) is 6.92 Å². The Labute approximate surface area is 123 Å². The SMILES string of the molecule is CCOc1ccc(Nc2nc(NN)ncc2Br)cc1F. The number of hydrogen-bond acceptors (Lipinski definition) is 6. The second-order valence-electron chi connectivity index (χ2n) is 3.74. The fourth-order valence-corrected chi connectivity index (χ4v) is 1.80. The van der Waals surface area contributed by atoms with Crippen LogP contribution in [0.5, 0.6) is 5.75 Å². The van der Waals surface area contributed by atoms with Gasteiger partial charge in [-0.1, -0.05) is 0 Å². The lowest BCUT2D eigenvalue weighted by molar-refractivity contribution is 0.321. The third-order valence-corrected chi connectivity index (χ3v) is 2.95. The molecule has 20 heavy (non-hydrogen) atoms. The summed E-state index contributed by atoms with van der Waals surface area (Å²) in [5.41, 5.74) is 2.88. The van der Waals surface area contributed by atoms with Gasteiger partial charge in [0.2, 0.25) is 5.95 Å². The maximum Gasteiger partial charge on any atom is 0.239 e. The molecule has 0 aliphatic rings. The van der Waals surface area contributed by atoms with E-state index in [0.29, 0.717) is 22.6 Å². The summed E-state index contributed by atoms with van der Waals surface area (Å²) in [7, 11) is 0. The van der Waals surface area contributed by atoms with Crippen LogP contribution in [-0.2, 0) is 0 Å². The molecule has 0 bridgehead atoms. The molecule has 6 nitrogen and oxygen atoms in total. The average molecular weight is 342 g/mol. The Morgan fingerprint density at radius 1 is 1.45 bits per heavy atom. The molecule has 8 heteroatoms. The highest BCUT2D eigenvalue weighted by Gasteiger charge is 2.08. The highest BCUT2D eigenvalue weighted by molar-refractivity contribution is 9.10. The van der Waals surface area contributed by atoms with E-state index in [1.807, 2.05) is 0 Å². The van der Waals surface area contributed by atoms with E-state index >= 15 is 0 Å². The Kier molecular flexibility index (Phi) is 4.70. The van der Waals surface area contributed by atoms with Gasteiger partial charge in [-0.15, -0.1) is 0 Å². The van der Waals surface area contributed by atoms with Gasteiger partial charge in [0.05, 0.1) is 11.1 Å². The van der Waals surface area contributed by atoms with E-state index in [1.54, 1.807) is 19.1 Å². The highest BCUT2D eigenvalue weighted by atomic mass is 79.9. The first kappa shape index (κ1) is 14.5. The van der Waals surface area contributed by atoms with Gasteiger partial charge < -0.3 is 10.1 Å². The number of anilines is 3. The molecule has 0 saturated heterocycles. The van der Waals surface area contributed by atoms with Crippen molar-refractivity contribution in [1.29, 1.82) is 0 Å². The van der Waals surface area contributed by atoms with Crippen molar-refractivity contribution >= 4 is 33.4 Å². The van der Waals surface area contributed by atoms with Crippen LogP contribution >= 0.6 is 15.9 Å². The second kappa shape index (κ2) is 6.49. The number of hydrazine groups is 1. The van der Waals surface area contributed by atoms with Crippen molar-refractivity contribution < 1.29 is 9.13 Å². The van der Waals surface area contributed by atoms with Gasteiger partial charge >= 0.3 is 0 Å². The van der Waals surface area contributed by atoms with E-state index in [-0.39, 0.29) is 11.7 Å². The summed E-state index contributed by atoms with van der Waals surface area (Å²) in [6.45, 7) is 2.21. The number of ether oxygens (including phenoxy) is 1. The molecule has 2 aromatic rings. The minimum absolute atomic E-state index is 0.212. The number of rotatable bonds is 5. The molecule has 1 aromatic heterocycles. The Balaban J connectivity index is 2.23. The molecule has 1 heterocycles. The molecule has 0 spiro atoms. The normalized spacial score (nSPS) is 10.2. The molecule has 0 aliphatic carbocycles. The summed E-state index contributed by atoms with van der Waals surface area (Å²) in [6.07, 6.45) is 1.54. The van der Waals surface area contributed by atoms with E-state index in [2.05, 4.69) is 36.6 Å². The summed E-state index contributed by atoms with van der Waals surface area (Å²) in [6, 6.07) is 4.58. The van der Waals surface area contributed by atoms with Crippen molar-refractivity contribution in [3.8, 4) is 5.75 Å². The number of hydrogen-bond donors (Lipinski definition) is 3. The summed E-state index contributed by atoms with van der Waals surface area (Å²) >= 11 is 3.30. The quantitative estimate of drug-likeness (QED) is 0.572. The van der Waals surface area contributed by atoms with E-state index < -0.39 is 5.82 Å². The maximum atomic E-state index is 13.7. The van der Waals surface area contributed by atoms with E-state index in [0.717, 1.165) is 0 Å². The zero-order chi connectivity index (χ0) is 14.5. The van der Waals surface area contributed by atoms with E-state index in [9.17, 15) is 4.39 Å². The predicted molar refractivity (Wildman–Crippen MR) is 78.4 cm³/mol. The summed E-state index contributed by atoms with van der Waals surface area (Å²) in [4.78, 5) is 8.04. The first-order chi connectivity index (χ1) is 9.63. The van der Waals surface area contributed by atoms with Crippen LogP contribution in [0.4, 0.5) is 21.8 Å². The molecular weight excluding hydrogens is 329 g/mol. The van der Waals surface area contributed by atoms with Crippen molar-refractivity contribution in [3.05, 3.63) is 34.7 Å². The average Bonchev–Trinajstić information content (AvgIpc) is 2.44. The van der Waals surface area contributed by atoms with Crippen molar-refractivity contribution in [3.63, 3.8) is 0 Å². The van der Waals surface area contributed by atoms with E-state index in [1.165, 1.54) is 12.3 Å². The third kappa shape index (κ3) is 3.34. The molecule has 2 rings (SSSR count). The topological polar surface area (TPSA) is 85.1 Å². The number of nitrogens with zero attached hydrogens (tertiary/aromatic N) is 2. The Morgan fingerprint density at radius 2 is 2.25 bits per heavy atom. The van der Waals surface area contributed by atoms with Gasteiger partial charge in [-0.05, 0) is 35.0 Å². The van der Waals surface area contributed by atoms with Crippen LogP contribution in [0.3, 0.4) is 0 Å². The lowest BCUT2D eigenvalue weighted by atomic mass is 10.3. The number of nitrogens with two attached hydrogens (primary N) is 1. The third-order valence-electron chi connectivity index (χ3n) is 2.37. The molecule has 0 atom stereocenters. The number of nitrogens with one attached hydrogen (secondary N) is 2. The second-order valence-corrected chi connectivity index (χ2v) is 4.59. The van der Waals surface area contributed by atoms with Crippen LogP contribution in [0, 0.1) is 5.82 Å². The first-order valence-electron chi connectivity index (χ1n) is 5.82. The molecule has 0 unspecified atom stereocenters. The number of nitrogen functional groups attached to an aromatic ring is 1. The zero-order valence-electron chi connectivity index (χ0n) is 10.7. The van der Waals surface area contributed by atoms with Crippen molar-refractivity contribution in [2.45, 2.75) is 6.92 Å². The van der Waals surface area contributed by atoms with Crippen molar-refractivity contribution in [2.75, 3.05) is 17.3 Å². The summed E-state index contributed by atoms with van der Waals surface area (Å²) < 4.78 is 19.5. The highest BCUT2D eigenvalue weighted by Crippen LogP contribution is 2.27. The predicted octanol–water partition coefficient (Wildman–Crippen LogP) is 2.81. The number of benzene rings is 1. The summed E-state index contributed by atoms with van der Waals surface area (Å²) in [5.74, 6) is 5.73. The van der Waals surface area contributed by atoms with Crippen LogP contribution < -0.4 is 21.3 Å². The molecular formula is C12H13BrFN5O. The van der Waals surface area contributed by atoms with Gasteiger partial charge in [0.25, 0.3) is 0 Å². The maximum absolute atomic E-state index is 13.7. The van der Waals surface area contributed by atoms with Gasteiger partial charge in [-0.25, -0.2) is 15.2 Å². The molecule has 1 aromatic carbocycles. The largest absolute Gasteiger partial charge is 0.491 e. The van der Waals surface area contributed by atoms with Crippen LogP contribution in [0.2, 0.25) is 0 Å². The number of aromatic nitrogens is 2. The number of halogens is 2. The van der Waals surface area contributed by atoms with Gasteiger partial charge in [0, 0.05) is 18.0 Å². The van der Waals surface area contributed by atoms with Crippen molar-refractivity contribution in [2.24, 2.45) is 5.84 Å². The smallest absolute Gasteiger partial charge is 0.239 e. The van der Waals surface area contributed by atoms with Crippen LogP contribution in [0.15, 0.2) is 28.9 Å². The Morgan fingerprint density at radius 3 is 2.90 bits per heavy atom. The van der Waals surface area contributed by atoms with Crippen LogP contribution in [0.25, 0.3) is 0 Å². The van der Waals surface area contributed by atoms with Crippen molar-refractivity contribution in [1.82, 2.24) is 9.97 Å². The Bertz CT molecular complexity index is 610. The molecule has 0 fully saturated rings. The molecule has 106 valence electrons. The minimum Gasteiger partial charge on any atom is -0.491 e. The summed E-state index contributed by atoms with van der Waals surface area (Å²) in [5, 5.41) is 2.97. The van der Waals surface area contributed by atoms with E-state index in [4.69, 9.17) is 10.6 Å². The van der Waals surface area contributed by atoms with Gasteiger partial charge in [0.15, 0.2) is 11.6 Å². The van der Waals surface area contributed by atoms with Crippen LogP contribution in [-0.4, -0.2) is 16.6 Å². The van der Waals surface area contributed by atoms with Gasteiger partial charge in [-0.2, -0.15) is 4.98 Å². The molecule has 0 saturated carbocycles. The molecule has 0 radical (unpaired) electrons.